The van der Waals surface area contributed by atoms with Crippen LogP contribution in [0.4, 0.5) is 8.78 Å². The minimum atomic E-state index is -0.949. The van der Waals surface area contributed by atoms with E-state index in [4.69, 9.17) is 12.2 Å². The molecule has 148 valence electrons. The molecule has 2 aromatic carbocycles. The van der Waals surface area contributed by atoms with Gasteiger partial charge in [0.05, 0.1) is 0 Å². The van der Waals surface area contributed by atoms with Crippen LogP contribution >= 0.6 is 12.2 Å². The van der Waals surface area contributed by atoms with Crippen molar-refractivity contribution in [1.82, 2.24) is 14.8 Å². The fourth-order valence-electron chi connectivity index (χ4n) is 3.07. The maximum absolute atomic E-state index is 13.5. The number of nitrogens with one attached hydrogen (secondary N) is 1. The number of halogens is 2. The number of H-pyrrole nitrogens is 1. The van der Waals surface area contributed by atoms with Crippen molar-refractivity contribution in [3.8, 4) is 17.1 Å². The van der Waals surface area contributed by atoms with Gasteiger partial charge in [0.2, 0.25) is 0 Å². The van der Waals surface area contributed by atoms with E-state index in [9.17, 15) is 13.9 Å². The van der Waals surface area contributed by atoms with Crippen LogP contribution < -0.4 is 0 Å². The summed E-state index contributed by atoms with van der Waals surface area (Å²) >= 11 is 5.34. The quantitative estimate of drug-likeness (QED) is 0.552. The third-order valence-corrected chi connectivity index (χ3v) is 5.00. The zero-order valence-electron chi connectivity index (χ0n) is 16.1. The molecule has 3 rings (SSSR count). The first-order chi connectivity index (χ1) is 13.2. The molecule has 0 aliphatic rings. The molecule has 0 bridgehead atoms. The molecule has 0 unspecified atom stereocenters. The largest absolute Gasteiger partial charge is 0.503 e. The van der Waals surface area contributed by atoms with Gasteiger partial charge in [0.15, 0.2) is 28.0 Å². The highest BCUT2D eigenvalue weighted by atomic mass is 32.1. The van der Waals surface area contributed by atoms with Gasteiger partial charge < -0.3 is 9.67 Å². The Balaban J connectivity index is 1.76. The van der Waals surface area contributed by atoms with Crippen LogP contribution in [0.1, 0.15) is 38.3 Å². The van der Waals surface area contributed by atoms with Gasteiger partial charge in [-0.2, -0.15) is 5.10 Å². The Morgan fingerprint density at radius 2 is 1.71 bits per heavy atom. The zero-order chi connectivity index (χ0) is 20.5. The molecule has 7 heteroatoms. The Morgan fingerprint density at radius 1 is 1.11 bits per heavy atom. The minimum absolute atomic E-state index is 0.0674. The predicted octanol–water partition coefficient (Wildman–Crippen LogP) is 5.52. The monoisotopic (exact) mass is 403 g/mol. The van der Waals surface area contributed by atoms with Crippen molar-refractivity contribution >= 4 is 12.2 Å². The van der Waals surface area contributed by atoms with E-state index in [0.717, 1.165) is 23.5 Å². The molecule has 0 amide bonds. The number of aryl methyl sites for hydroxylation is 1. The Kier molecular flexibility index (Phi) is 5.65. The highest BCUT2D eigenvalue weighted by molar-refractivity contribution is 7.71. The summed E-state index contributed by atoms with van der Waals surface area (Å²) in [5.41, 5.74) is 2.73. The van der Waals surface area contributed by atoms with E-state index in [0.29, 0.717) is 29.7 Å². The first-order valence-electron chi connectivity index (χ1n) is 9.10. The molecule has 0 radical (unpaired) electrons. The summed E-state index contributed by atoms with van der Waals surface area (Å²) in [6.45, 7) is 7.03. The zero-order valence-corrected chi connectivity index (χ0v) is 16.9. The molecule has 0 saturated carbocycles. The van der Waals surface area contributed by atoms with Gasteiger partial charge in [-0.1, -0.05) is 45.0 Å². The molecule has 0 saturated heterocycles. The molecule has 0 spiro atoms. The van der Waals surface area contributed by atoms with Crippen molar-refractivity contribution in [3.05, 3.63) is 63.9 Å². The predicted molar refractivity (Wildman–Crippen MR) is 108 cm³/mol. The van der Waals surface area contributed by atoms with E-state index in [-0.39, 0.29) is 5.41 Å². The fourth-order valence-corrected chi connectivity index (χ4v) is 3.29. The van der Waals surface area contributed by atoms with E-state index in [1.165, 1.54) is 5.56 Å². The van der Waals surface area contributed by atoms with Crippen molar-refractivity contribution in [2.24, 2.45) is 0 Å². The lowest BCUT2D eigenvalue weighted by Crippen LogP contribution is -2.10. The van der Waals surface area contributed by atoms with Gasteiger partial charge in [-0.3, -0.25) is 5.10 Å². The van der Waals surface area contributed by atoms with Gasteiger partial charge in [-0.05, 0) is 53.7 Å². The lowest BCUT2D eigenvalue weighted by molar-refractivity contribution is 0.395. The SMILES string of the molecule is CC(C)(C)c1ccc(-c2n[nH]c(=S)n2CCCc2cc(F)c(O)c(F)c2)cc1. The second kappa shape index (κ2) is 7.83. The summed E-state index contributed by atoms with van der Waals surface area (Å²) < 4.78 is 29.3. The van der Waals surface area contributed by atoms with Gasteiger partial charge in [0.1, 0.15) is 0 Å². The second-order valence-corrected chi connectivity index (χ2v) is 8.23. The van der Waals surface area contributed by atoms with E-state index >= 15 is 0 Å². The maximum Gasteiger partial charge on any atom is 0.195 e. The molecule has 0 aliphatic carbocycles. The van der Waals surface area contributed by atoms with Gasteiger partial charge in [-0.25, -0.2) is 8.78 Å². The summed E-state index contributed by atoms with van der Waals surface area (Å²) in [7, 11) is 0. The normalized spacial score (nSPS) is 11.8. The van der Waals surface area contributed by atoms with Crippen LogP contribution in [-0.4, -0.2) is 19.9 Å². The summed E-state index contributed by atoms with van der Waals surface area (Å²) in [4.78, 5) is 0. The number of phenolic OH excluding ortho intramolecular Hbond substituents is 1. The van der Waals surface area contributed by atoms with E-state index in [1.807, 2.05) is 16.7 Å². The number of benzene rings is 2. The Labute approximate surface area is 167 Å². The molecule has 0 atom stereocenters. The minimum Gasteiger partial charge on any atom is -0.503 e. The summed E-state index contributed by atoms with van der Waals surface area (Å²) in [5.74, 6) is -2.11. The molecule has 1 heterocycles. The lowest BCUT2D eigenvalue weighted by Gasteiger charge is -2.19. The van der Waals surface area contributed by atoms with Crippen molar-refractivity contribution in [1.29, 1.82) is 0 Å². The van der Waals surface area contributed by atoms with Crippen LogP contribution in [0.2, 0.25) is 0 Å². The number of rotatable bonds is 5. The summed E-state index contributed by atoms with van der Waals surface area (Å²) in [6.07, 6.45) is 1.06. The molecule has 2 N–H and O–H groups in total. The van der Waals surface area contributed by atoms with Gasteiger partial charge >= 0.3 is 0 Å². The van der Waals surface area contributed by atoms with Crippen molar-refractivity contribution in [3.63, 3.8) is 0 Å². The average Bonchev–Trinajstić information content (AvgIpc) is 3.00. The van der Waals surface area contributed by atoms with Crippen LogP contribution in [0, 0.1) is 16.4 Å². The topological polar surface area (TPSA) is 53.8 Å². The molecule has 28 heavy (non-hydrogen) atoms. The average molecular weight is 403 g/mol. The summed E-state index contributed by atoms with van der Waals surface area (Å²) in [5, 5.41) is 16.3. The third-order valence-electron chi connectivity index (χ3n) is 4.69. The number of phenols is 1. The van der Waals surface area contributed by atoms with E-state index in [1.54, 1.807) is 0 Å². The number of aromatic hydroxyl groups is 1. The molecule has 0 fully saturated rings. The standard InChI is InChI=1S/C21H23F2N3OS/c1-21(2,3)15-8-6-14(7-9-15)19-24-25-20(28)26(19)10-4-5-13-11-16(22)18(27)17(23)12-13/h6-9,11-12,27H,4-5,10H2,1-3H3,(H,25,28). The van der Waals surface area contributed by atoms with Crippen LogP contribution in [0.15, 0.2) is 36.4 Å². The molecule has 0 aliphatic heterocycles. The smallest absolute Gasteiger partial charge is 0.195 e. The van der Waals surface area contributed by atoms with E-state index in [2.05, 4.69) is 43.1 Å². The number of aromatic nitrogens is 3. The number of nitrogens with zero attached hydrogens (tertiary/aromatic N) is 2. The van der Waals surface area contributed by atoms with Gasteiger partial charge in [0, 0.05) is 12.1 Å². The van der Waals surface area contributed by atoms with Gasteiger partial charge in [0.25, 0.3) is 0 Å². The third kappa shape index (κ3) is 4.30. The highest BCUT2D eigenvalue weighted by Gasteiger charge is 2.15. The van der Waals surface area contributed by atoms with Crippen LogP contribution in [-0.2, 0) is 18.4 Å². The van der Waals surface area contributed by atoms with Crippen molar-refractivity contribution in [2.45, 2.75) is 45.6 Å². The number of hydrogen-bond acceptors (Lipinski definition) is 3. The highest BCUT2D eigenvalue weighted by Crippen LogP contribution is 2.26. The van der Waals surface area contributed by atoms with E-state index < -0.39 is 17.4 Å². The molecular weight excluding hydrogens is 380 g/mol. The van der Waals surface area contributed by atoms with Crippen LogP contribution in [0.5, 0.6) is 5.75 Å². The first-order valence-corrected chi connectivity index (χ1v) is 9.50. The molecule has 4 nitrogen and oxygen atoms in total. The molecule has 1 aromatic heterocycles. The number of hydrogen-bond donors (Lipinski definition) is 2. The van der Waals surface area contributed by atoms with Crippen molar-refractivity contribution in [2.75, 3.05) is 0 Å². The lowest BCUT2D eigenvalue weighted by atomic mass is 9.87. The number of aromatic amines is 1. The summed E-state index contributed by atoms with van der Waals surface area (Å²) in [6, 6.07) is 10.5. The second-order valence-electron chi connectivity index (χ2n) is 7.84. The first kappa shape index (κ1) is 20.2. The Bertz CT molecular complexity index is 1010. The molecule has 3 aromatic rings. The maximum atomic E-state index is 13.5. The van der Waals surface area contributed by atoms with Crippen molar-refractivity contribution < 1.29 is 13.9 Å². The molecular formula is C21H23F2N3OS. The van der Waals surface area contributed by atoms with Crippen LogP contribution in [0.3, 0.4) is 0 Å². The Morgan fingerprint density at radius 3 is 2.29 bits per heavy atom. The fraction of sp³-hybridized carbons (Fsp3) is 0.333. The van der Waals surface area contributed by atoms with Crippen LogP contribution in [0.25, 0.3) is 11.4 Å². The Hall–Kier alpha value is -2.54. The van der Waals surface area contributed by atoms with Gasteiger partial charge in [-0.15, -0.1) is 0 Å².